The molecule has 28 heavy (non-hydrogen) atoms. The molecular weight excluding hydrogens is 350 g/mol. The first kappa shape index (κ1) is 17.5. The Morgan fingerprint density at radius 3 is 2.54 bits per heavy atom. The van der Waals surface area contributed by atoms with Crippen molar-refractivity contribution in [3.63, 3.8) is 0 Å². The topological polar surface area (TPSA) is 77.2 Å². The number of amides is 1. The number of rotatable bonds is 4. The lowest BCUT2D eigenvalue weighted by molar-refractivity contribution is 0.102. The number of carbonyl (C=O) groups is 1. The third-order valence-electron chi connectivity index (χ3n) is 4.46. The number of fused-ring (bicyclic) bond motifs is 1. The molecule has 4 aromatic rings. The van der Waals surface area contributed by atoms with E-state index in [0.717, 1.165) is 22.1 Å². The quantitative estimate of drug-likeness (QED) is 0.520. The van der Waals surface area contributed by atoms with Gasteiger partial charge in [0.2, 0.25) is 0 Å². The molecular formula is C23H19N3O2. The van der Waals surface area contributed by atoms with E-state index in [4.69, 9.17) is 10.5 Å². The fourth-order valence-corrected chi connectivity index (χ4v) is 3.07. The molecule has 0 aliphatic carbocycles. The van der Waals surface area contributed by atoms with Gasteiger partial charge in [0, 0.05) is 18.0 Å². The fourth-order valence-electron chi connectivity index (χ4n) is 3.07. The minimum absolute atomic E-state index is 0.209. The molecule has 0 saturated carbocycles. The summed E-state index contributed by atoms with van der Waals surface area (Å²) in [7, 11) is 0. The lowest BCUT2D eigenvalue weighted by Gasteiger charge is -2.11. The number of hydrogen-bond acceptors (Lipinski definition) is 4. The molecule has 1 aromatic heterocycles. The maximum atomic E-state index is 12.6. The van der Waals surface area contributed by atoms with E-state index in [9.17, 15) is 4.79 Å². The summed E-state index contributed by atoms with van der Waals surface area (Å²) in [5.41, 5.74) is 7.62. The summed E-state index contributed by atoms with van der Waals surface area (Å²) >= 11 is 0. The van der Waals surface area contributed by atoms with Gasteiger partial charge in [0.25, 0.3) is 5.91 Å². The summed E-state index contributed by atoms with van der Waals surface area (Å²) in [5, 5.41) is 5.11. The number of benzene rings is 3. The van der Waals surface area contributed by atoms with Gasteiger partial charge in [-0.25, -0.2) is 4.98 Å². The van der Waals surface area contributed by atoms with Gasteiger partial charge in [0.1, 0.15) is 17.3 Å². The lowest BCUT2D eigenvalue weighted by atomic mass is 10.1. The zero-order valence-electron chi connectivity index (χ0n) is 15.3. The van der Waals surface area contributed by atoms with Crippen molar-refractivity contribution in [3.05, 3.63) is 90.1 Å². The van der Waals surface area contributed by atoms with Crippen LogP contribution in [0.2, 0.25) is 0 Å². The highest BCUT2D eigenvalue weighted by Gasteiger charge is 2.14. The van der Waals surface area contributed by atoms with Crippen molar-refractivity contribution in [2.24, 2.45) is 0 Å². The second-order valence-electron chi connectivity index (χ2n) is 6.48. The molecule has 1 amide bonds. The highest BCUT2D eigenvalue weighted by Crippen LogP contribution is 2.27. The number of pyridine rings is 1. The molecule has 0 fully saturated rings. The second-order valence-corrected chi connectivity index (χ2v) is 6.48. The highest BCUT2D eigenvalue weighted by atomic mass is 16.5. The van der Waals surface area contributed by atoms with Crippen molar-refractivity contribution in [2.45, 2.75) is 6.92 Å². The molecule has 5 heteroatoms. The van der Waals surface area contributed by atoms with Gasteiger partial charge >= 0.3 is 0 Å². The van der Waals surface area contributed by atoms with Crippen LogP contribution in [0.4, 0.5) is 11.5 Å². The van der Waals surface area contributed by atoms with Crippen LogP contribution in [0.15, 0.2) is 79.0 Å². The molecule has 3 aromatic carbocycles. The fraction of sp³-hybridized carbons (Fsp3) is 0.0435. The Hall–Kier alpha value is -3.86. The van der Waals surface area contributed by atoms with Crippen LogP contribution >= 0.6 is 0 Å². The Morgan fingerprint density at radius 1 is 0.929 bits per heavy atom. The van der Waals surface area contributed by atoms with Crippen molar-refractivity contribution in [3.8, 4) is 11.5 Å². The number of ether oxygens (including phenoxy) is 1. The largest absolute Gasteiger partial charge is 0.457 e. The van der Waals surface area contributed by atoms with E-state index >= 15 is 0 Å². The minimum atomic E-state index is -0.300. The van der Waals surface area contributed by atoms with Gasteiger partial charge < -0.3 is 15.8 Å². The monoisotopic (exact) mass is 369 g/mol. The zero-order valence-corrected chi connectivity index (χ0v) is 15.3. The van der Waals surface area contributed by atoms with Crippen LogP contribution in [0.5, 0.6) is 11.5 Å². The molecule has 3 N–H and O–H groups in total. The summed E-state index contributed by atoms with van der Waals surface area (Å²) < 4.78 is 5.97. The molecule has 0 saturated heterocycles. The van der Waals surface area contributed by atoms with Gasteiger partial charge in [-0.2, -0.15) is 0 Å². The number of carbonyl (C=O) groups excluding carboxylic acids is 1. The predicted molar refractivity (Wildman–Crippen MR) is 112 cm³/mol. The second kappa shape index (κ2) is 7.40. The summed E-state index contributed by atoms with van der Waals surface area (Å²) in [6.07, 6.45) is 1.58. The molecule has 5 nitrogen and oxygen atoms in total. The van der Waals surface area contributed by atoms with Gasteiger partial charge in [-0.15, -0.1) is 0 Å². The molecule has 1 heterocycles. The standard InChI is InChI=1S/C23H19N3O2/c1-15-11-12-25-22(24)21(15)23(27)26-18-7-4-8-19(14-18)28-20-10-9-16-5-2-3-6-17(16)13-20/h2-14H,1H3,(H2,24,25)(H,26,27). The summed E-state index contributed by atoms with van der Waals surface area (Å²) in [6.45, 7) is 1.83. The van der Waals surface area contributed by atoms with Crippen LogP contribution in [-0.2, 0) is 0 Å². The van der Waals surface area contributed by atoms with E-state index in [2.05, 4.69) is 16.4 Å². The third-order valence-corrected chi connectivity index (χ3v) is 4.46. The number of anilines is 2. The Bertz CT molecular complexity index is 1150. The molecule has 0 bridgehead atoms. The first-order chi connectivity index (χ1) is 13.6. The smallest absolute Gasteiger partial charge is 0.259 e. The lowest BCUT2D eigenvalue weighted by Crippen LogP contribution is -2.16. The number of nitrogen functional groups attached to an aromatic ring is 1. The molecule has 0 aliphatic heterocycles. The van der Waals surface area contributed by atoms with E-state index in [-0.39, 0.29) is 11.7 Å². The average molecular weight is 369 g/mol. The van der Waals surface area contributed by atoms with Crippen molar-refractivity contribution < 1.29 is 9.53 Å². The number of aryl methyl sites for hydroxylation is 1. The van der Waals surface area contributed by atoms with Crippen LogP contribution in [0.25, 0.3) is 10.8 Å². The molecule has 0 aliphatic rings. The highest BCUT2D eigenvalue weighted by molar-refractivity contribution is 6.08. The van der Waals surface area contributed by atoms with Crippen molar-refractivity contribution in [2.75, 3.05) is 11.1 Å². The molecule has 0 unspecified atom stereocenters. The summed E-state index contributed by atoms with van der Waals surface area (Å²) in [5.74, 6) is 1.27. The first-order valence-corrected chi connectivity index (χ1v) is 8.89. The van der Waals surface area contributed by atoms with Crippen LogP contribution < -0.4 is 15.8 Å². The Labute approximate surface area is 162 Å². The van der Waals surface area contributed by atoms with Gasteiger partial charge in [-0.1, -0.05) is 36.4 Å². The molecule has 0 spiro atoms. The minimum Gasteiger partial charge on any atom is -0.457 e. The van der Waals surface area contributed by atoms with Crippen LogP contribution in [0.3, 0.4) is 0 Å². The van der Waals surface area contributed by atoms with E-state index in [1.54, 1.807) is 24.4 Å². The first-order valence-electron chi connectivity index (χ1n) is 8.89. The zero-order chi connectivity index (χ0) is 19.5. The predicted octanol–water partition coefficient (Wildman–Crippen LogP) is 5.17. The molecule has 0 radical (unpaired) electrons. The van der Waals surface area contributed by atoms with E-state index < -0.39 is 0 Å². The van der Waals surface area contributed by atoms with Crippen LogP contribution in [-0.4, -0.2) is 10.9 Å². The van der Waals surface area contributed by atoms with E-state index in [1.807, 2.05) is 55.5 Å². The van der Waals surface area contributed by atoms with Crippen molar-refractivity contribution in [1.82, 2.24) is 4.98 Å². The van der Waals surface area contributed by atoms with Crippen molar-refractivity contribution >= 4 is 28.2 Å². The Balaban J connectivity index is 1.55. The Morgan fingerprint density at radius 2 is 1.71 bits per heavy atom. The molecule has 4 rings (SSSR count). The summed E-state index contributed by atoms with van der Waals surface area (Å²) in [4.78, 5) is 16.6. The number of nitrogens with two attached hydrogens (primary N) is 1. The van der Waals surface area contributed by atoms with Gasteiger partial charge in [0.05, 0.1) is 5.56 Å². The molecule has 0 atom stereocenters. The SMILES string of the molecule is Cc1ccnc(N)c1C(=O)Nc1cccc(Oc2ccc3ccccc3c2)c1. The molecule has 138 valence electrons. The van der Waals surface area contributed by atoms with Gasteiger partial charge in [-0.3, -0.25) is 4.79 Å². The summed E-state index contributed by atoms with van der Waals surface area (Å²) in [6, 6.07) is 23.0. The maximum absolute atomic E-state index is 12.6. The number of aromatic nitrogens is 1. The van der Waals surface area contributed by atoms with E-state index in [0.29, 0.717) is 17.0 Å². The number of nitrogens with one attached hydrogen (secondary N) is 1. The van der Waals surface area contributed by atoms with Gasteiger partial charge in [0.15, 0.2) is 0 Å². The number of nitrogens with zero attached hydrogens (tertiary/aromatic N) is 1. The normalized spacial score (nSPS) is 10.6. The average Bonchev–Trinajstić information content (AvgIpc) is 2.68. The van der Waals surface area contributed by atoms with Gasteiger partial charge in [-0.05, 0) is 53.6 Å². The van der Waals surface area contributed by atoms with Crippen LogP contribution in [0.1, 0.15) is 15.9 Å². The Kier molecular flexibility index (Phi) is 4.64. The third kappa shape index (κ3) is 3.64. The van der Waals surface area contributed by atoms with Crippen LogP contribution in [0, 0.1) is 6.92 Å². The van der Waals surface area contributed by atoms with E-state index in [1.165, 1.54) is 0 Å². The maximum Gasteiger partial charge on any atom is 0.259 e. The number of hydrogen-bond donors (Lipinski definition) is 2. The van der Waals surface area contributed by atoms with Crippen molar-refractivity contribution in [1.29, 1.82) is 0 Å².